The number of hydrogen-bond acceptors (Lipinski definition) is 6. The van der Waals surface area contributed by atoms with E-state index in [1.54, 1.807) is 72.2 Å². The fourth-order valence-corrected chi connectivity index (χ4v) is 5.77. The molecule has 9 nitrogen and oxygen atoms in total. The highest BCUT2D eigenvalue weighted by atomic mass is 79.9. The van der Waals surface area contributed by atoms with E-state index in [9.17, 15) is 14.4 Å². The fraction of sp³-hybridized carbons (Fsp3) is 0.303. The Balaban J connectivity index is 1.52. The average Bonchev–Trinajstić information content (AvgIpc) is 3.32. The van der Waals surface area contributed by atoms with E-state index in [4.69, 9.17) is 25.8 Å². The van der Waals surface area contributed by atoms with Gasteiger partial charge in [0.25, 0.3) is 5.91 Å². The van der Waals surface area contributed by atoms with Gasteiger partial charge < -0.3 is 19.1 Å². The van der Waals surface area contributed by atoms with E-state index in [0.717, 1.165) is 5.56 Å². The molecule has 0 saturated carbocycles. The van der Waals surface area contributed by atoms with Crippen molar-refractivity contribution in [1.29, 1.82) is 0 Å². The quantitative estimate of drug-likeness (QED) is 0.182. The largest absolute Gasteiger partial charge is 0.497 e. The van der Waals surface area contributed by atoms with Crippen molar-refractivity contribution in [2.75, 3.05) is 20.8 Å². The van der Waals surface area contributed by atoms with E-state index < -0.39 is 0 Å². The van der Waals surface area contributed by atoms with Crippen LogP contribution >= 0.6 is 27.5 Å². The Morgan fingerprint density at radius 3 is 2.34 bits per heavy atom. The summed E-state index contributed by atoms with van der Waals surface area (Å²) in [5.41, 5.74) is 2.22. The predicted molar refractivity (Wildman–Crippen MR) is 172 cm³/mol. The first-order valence-corrected chi connectivity index (χ1v) is 15.4. The minimum absolute atomic E-state index is 0.0124. The second kappa shape index (κ2) is 13.3. The van der Waals surface area contributed by atoms with Crippen LogP contribution in [0.5, 0.6) is 17.2 Å². The van der Waals surface area contributed by atoms with E-state index in [-0.39, 0.29) is 48.7 Å². The van der Waals surface area contributed by atoms with Crippen molar-refractivity contribution in [1.82, 2.24) is 14.0 Å². The highest BCUT2D eigenvalue weighted by molar-refractivity contribution is 9.10. The first-order valence-electron chi connectivity index (χ1n) is 14.2. The molecular weight excluding hydrogens is 650 g/mol. The number of rotatable bonds is 10. The van der Waals surface area contributed by atoms with Crippen molar-refractivity contribution in [3.05, 3.63) is 103 Å². The molecule has 0 spiro atoms. The number of imidazole rings is 1. The SMILES string of the molecule is COc1ccc(CCC(=O)c2c3n(c(=O)n2-c2ccc(OC(C)C)cc2)CCN(C(=O)c2ccc(Br)c(Cl)c2)C3)c(OC)c1. The maximum absolute atomic E-state index is 14.1. The Morgan fingerprint density at radius 2 is 1.68 bits per heavy atom. The maximum Gasteiger partial charge on any atom is 0.333 e. The molecule has 0 unspecified atom stereocenters. The molecule has 44 heavy (non-hydrogen) atoms. The highest BCUT2D eigenvalue weighted by Gasteiger charge is 2.32. The van der Waals surface area contributed by atoms with E-state index in [2.05, 4.69) is 15.9 Å². The molecule has 0 fully saturated rings. The number of aryl methyl sites for hydroxylation is 1. The monoisotopic (exact) mass is 681 g/mol. The van der Waals surface area contributed by atoms with Crippen LogP contribution < -0.4 is 19.9 Å². The summed E-state index contributed by atoms with van der Waals surface area (Å²) >= 11 is 9.62. The number of ether oxygens (including phenoxy) is 3. The number of hydrogen-bond donors (Lipinski definition) is 0. The lowest BCUT2D eigenvalue weighted by Crippen LogP contribution is -2.41. The summed E-state index contributed by atoms with van der Waals surface area (Å²) in [6, 6.07) is 17.6. The van der Waals surface area contributed by atoms with Crippen LogP contribution in [-0.4, -0.2) is 52.6 Å². The zero-order chi connectivity index (χ0) is 31.5. The molecule has 1 amide bonds. The molecule has 0 radical (unpaired) electrons. The molecule has 0 atom stereocenters. The Hall–Kier alpha value is -4.02. The van der Waals surface area contributed by atoms with Gasteiger partial charge in [0, 0.05) is 35.6 Å². The number of fused-ring (bicyclic) bond motifs is 1. The molecule has 5 rings (SSSR count). The summed E-state index contributed by atoms with van der Waals surface area (Å²) in [6.45, 7) is 4.52. The lowest BCUT2D eigenvalue weighted by atomic mass is 10.0. The summed E-state index contributed by atoms with van der Waals surface area (Å²) in [5.74, 6) is 1.46. The molecule has 2 heterocycles. The van der Waals surface area contributed by atoms with Crippen molar-refractivity contribution in [3.63, 3.8) is 0 Å². The molecule has 0 N–H and O–H groups in total. The van der Waals surface area contributed by atoms with Gasteiger partial charge in [-0.25, -0.2) is 4.79 Å². The number of methoxy groups -OCH3 is 2. The van der Waals surface area contributed by atoms with Crippen LogP contribution in [0.2, 0.25) is 5.02 Å². The number of carbonyl (C=O) groups excluding carboxylic acids is 2. The Morgan fingerprint density at radius 1 is 0.955 bits per heavy atom. The van der Waals surface area contributed by atoms with Gasteiger partial charge >= 0.3 is 5.69 Å². The Bertz CT molecular complexity index is 1760. The second-order valence-corrected chi connectivity index (χ2v) is 11.9. The molecule has 0 bridgehead atoms. The van der Waals surface area contributed by atoms with E-state index in [0.29, 0.717) is 56.7 Å². The van der Waals surface area contributed by atoms with Crippen LogP contribution in [0, 0.1) is 0 Å². The van der Waals surface area contributed by atoms with Crippen LogP contribution in [-0.2, 0) is 19.5 Å². The van der Waals surface area contributed by atoms with Crippen molar-refractivity contribution >= 4 is 39.2 Å². The van der Waals surface area contributed by atoms with Crippen LogP contribution in [0.4, 0.5) is 0 Å². The lowest BCUT2D eigenvalue weighted by molar-refractivity contribution is 0.0707. The number of carbonyl (C=O) groups is 2. The van der Waals surface area contributed by atoms with Crippen LogP contribution in [0.3, 0.4) is 0 Å². The minimum atomic E-state index is -0.332. The molecular formula is C33H33BrClN3O6. The number of ketones is 1. The average molecular weight is 683 g/mol. The van der Waals surface area contributed by atoms with Gasteiger partial charge in [0.1, 0.15) is 22.9 Å². The van der Waals surface area contributed by atoms with Crippen LogP contribution in [0.15, 0.2) is 69.9 Å². The van der Waals surface area contributed by atoms with Crippen molar-refractivity contribution in [2.45, 2.75) is 45.9 Å². The van der Waals surface area contributed by atoms with Gasteiger partial charge in [0.15, 0.2) is 5.78 Å². The normalized spacial score (nSPS) is 12.7. The topological polar surface area (TPSA) is 92.0 Å². The molecule has 1 aliphatic rings. The minimum Gasteiger partial charge on any atom is -0.497 e. The van der Waals surface area contributed by atoms with Gasteiger partial charge in [-0.1, -0.05) is 17.7 Å². The third-order valence-corrected chi connectivity index (χ3v) is 8.71. The number of benzene rings is 3. The number of Topliss-reactive ketones (excluding diaryl/α,β-unsaturated/α-hetero) is 1. The van der Waals surface area contributed by atoms with Crippen molar-refractivity contribution in [2.24, 2.45) is 0 Å². The molecule has 0 aliphatic carbocycles. The van der Waals surface area contributed by atoms with E-state index in [1.807, 2.05) is 26.0 Å². The summed E-state index contributed by atoms with van der Waals surface area (Å²) in [5, 5.41) is 0.422. The number of amides is 1. The zero-order valence-electron chi connectivity index (χ0n) is 24.9. The van der Waals surface area contributed by atoms with Gasteiger partial charge in [-0.15, -0.1) is 0 Å². The molecule has 1 aliphatic heterocycles. The van der Waals surface area contributed by atoms with Gasteiger partial charge in [-0.3, -0.25) is 18.7 Å². The highest BCUT2D eigenvalue weighted by Crippen LogP contribution is 2.29. The van der Waals surface area contributed by atoms with Gasteiger partial charge in [-0.2, -0.15) is 0 Å². The summed E-state index contributed by atoms with van der Waals surface area (Å²) < 4.78 is 20.3. The predicted octanol–water partition coefficient (Wildman–Crippen LogP) is 6.33. The van der Waals surface area contributed by atoms with Gasteiger partial charge in [0.2, 0.25) is 0 Å². The summed E-state index contributed by atoms with van der Waals surface area (Å²) in [6.07, 6.45) is 0.484. The Kier molecular flexibility index (Phi) is 9.51. The smallest absolute Gasteiger partial charge is 0.333 e. The third kappa shape index (κ3) is 6.42. The van der Waals surface area contributed by atoms with Crippen molar-refractivity contribution < 1.29 is 23.8 Å². The van der Waals surface area contributed by atoms with Crippen LogP contribution in [0.25, 0.3) is 5.69 Å². The van der Waals surface area contributed by atoms with E-state index >= 15 is 0 Å². The molecule has 1 aromatic heterocycles. The first kappa shape index (κ1) is 31.4. The standard InChI is InChI=1S/C33H33BrClN3O6/c1-20(2)44-24-11-8-23(9-12-24)38-31(29(39)14-7-21-5-10-25(42-3)18-30(21)43-4)28-19-36(15-16-37(28)33(38)41)32(40)22-6-13-26(34)27(35)17-22/h5-6,8-13,17-18,20H,7,14-16,19H2,1-4H3. The first-order chi connectivity index (χ1) is 21.1. The molecule has 11 heteroatoms. The molecule has 0 saturated heterocycles. The maximum atomic E-state index is 14.1. The Labute approximate surface area is 269 Å². The number of aromatic nitrogens is 2. The second-order valence-electron chi connectivity index (χ2n) is 10.7. The van der Waals surface area contributed by atoms with Gasteiger partial charge in [0.05, 0.1) is 43.3 Å². The van der Waals surface area contributed by atoms with E-state index in [1.165, 1.54) is 4.57 Å². The summed E-state index contributed by atoms with van der Waals surface area (Å²) in [4.78, 5) is 43.1. The number of halogens is 2. The third-order valence-electron chi connectivity index (χ3n) is 7.48. The van der Waals surface area contributed by atoms with Crippen molar-refractivity contribution in [3.8, 4) is 22.9 Å². The van der Waals surface area contributed by atoms with Crippen LogP contribution in [0.1, 0.15) is 52.4 Å². The molecule has 230 valence electrons. The summed E-state index contributed by atoms with van der Waals surface area (Å²) in [7, 11) is 3.15. The fourth-order valence-electron chi connectivity index (χ4n) is 5.34. The molecule has 4 aromatic rings. The number of nitrogens with zero attached hydrogens (tertiary/aromatic N) is 3. The van der Waals surface area contributed by atoms with Gasteiger partial charge in [-0.05, 0) is 90.3 Å². The molecule has 3 aromatic carbocycles. The lowest BCUT2D eigenvalue weighted by Gasteiger charge is -2.28. The zero-order valence-corrected chi connectivity index (χ0v) is 27.3.